The van der Waals surface area contributed by atoms with E-state index in [1.165, 1.54) is 7.11 Å². The number of methoxy groups -OCH3 is 1. The van der Waals surface area contributed by atoms with Crippen molar-refractivity contribution in [1.29, 1.82) is 0 Å². The van der Waals surface area contributed by atoms with Crippen LogP contribution in [0.1, 0.15) is 19.8 Å². The number of aliphatic hydroxyl groups excluding tert-OH is 1. The molecule has 0 aliphatic carbocycles. The summed E-state index contributed by atoms with van der Waals surface area (Å²) in [5.74, 6) is 1.85. The monoisotopic (exact) mass is 361 g/mol. The molecule has 0 aromatic carbocycles. The maximum atomic E-state index is 11.5. The normalized spacial score (nSPS) is 14.0. The van der Waals surface area contributed by atoms with Crippen LogP contribution in [0.25, 0.3) is 0 Å². The predicted octanol–water partition coefficient (Wildman–Crippen LogP) is -0.252. The van der Waals surface area contributed by atoms with E-state index >= 15 is 0 Å². The van der Waals surface area contributed by atoms with Gasteiger partial charge in [-0.25, -0.2) is 0 Å². The van der Waals surface area contributed by atoms with E-state index in [2.05, 4.69) is 26.7 Å². The van der Waals surface area contributed by atoms with Gasteiger partial charge in [0.15, 0.2) is 0 Å². The molecule has 0 spiro atoms. The van der Waals surface area contributed by atoms with Crippen LogP contribution in [0.15, 0.2) is 0 Å². The van der Waals surface area contributed by atoms with Crippen LogP contribution in [0.2, 0.25) is 11.1 Å². The van der Waals surface area contributed by atoms with Crippen LogP contribution in [0.5, 0.6) is 0 Å². The summed E-state index contributed by atoms with van der Waals surface area (Å²) in [7, 11) is 1.38. The average molecular weight is 359 g/mol. The number of rotatable bonds is 8. The van der Waals surface area contributed by atoms with Crippen molar-refractivity contribution >= 4 is 41.0 Å². The summed E-state index contributed by atoms with van der Waals surface area (Å²) in [6.07, 6.45) is 0.797. The van der Waals surface area contributed by atoms with Gasteiger partial charge in [0.05, 0.1) is 0 Å². The van der Waals surface area contributed by atoms with Gasteiger partial charge in [-0.05, 0) is 0 Å². The molecular formula is C10H19NO3Se2. The zero-order valence-corrected chi connectivity index (χ0v) is 13.3. The molecule has 0 fully saturated rings. The molecule has 0 saturated carbocycles. The van der Waals surface area contributed by atoms with E-state index in [4.69, 9.17) is 4.74 Å². The average Bonchev–Trinajstić information content (AvgIpc) is 2.31. The van der Waals surface area contributed by atoms with Crippen LogP contribution in [0.3, 0.4) is 0 Å². The minimum absolute atomic E-state index is 0.277. The molecule has 4 nitrogen and oxygen atoms in total. The number of esters is 1. The van der Waals surface area contributed by atoms with Gasteiger partial charge in [0, 0.05) is 0 Å². The molecule has 2 atom stereocenters. The number of hydrogen-bond acceptors (Lipinski definition) is 4. The maximum absolute atomic E-state index is 11.5. The van der Waals surface area contributed by atoms with Gasteiger partial charge in [0.1, 0.15) is 0 Å². The summed E-state index contributed by atoms with van der Waals surface area (Å²) in [6.45, 7) is 1.88. The Morgan fingerprint density at radius 1 is 1.62 bits per heavy atom. The third-order valence-electron chi connectivity index (χ3n) is 2.10. The van der Waals surface area contributed by atoms with Crippen LogP contribution in [0, 0.1) is 0 Å². The molecule has 0 bridgehead atoms. The summed E-state index contributed by atoms with van der Waals surface area (Å²) < 4.78 is 5.33. The van der Waals surface area contributed by atoms with Crippen LogP contribution in [0.4, 0.5) is 0 Å². The van der Waals surface area contributed by atoms with Gasteiger partial charge in [0.2, 0.25) is 0 Å². The molecule has 0 amide bonds. The fourth-order valence-corrected chi connectivity index (χ4v) is 2.72. The number of aliphatic hydroxyl groups is 1. The van der Waals surface area contributed by atoms with Crippen LogP contribution < -0.4 is 5.32 Å². The topological polar surface area (TPSA) is 58.6 Å². The molecule has 0 aliphatic heterocycles. The van der Waals surface area contributed by atoms with Crippen molar-refractivity contribution < 1.29 is 14.6 Å². The van der Waals surface area contributed by atoms with E-state index in [-0.39, 0.29) is 12.0 Å². The molecule has 0 heterocycles. The summed E-state index contributed by atoms with van der Waals surface area (Å²) >= 11 is 3.30. The Hall–Kier alpha value is 0.139. The van der Waals surface area contributed by atoms with E-state index in [1.807, 2.05) is 6.92 Å². The van der Waals surface area contributed by atoms with Gasteiger partial charge < -0.3 is 0 Å². The predicted molar refractivity (Wildman–Crippen MR) is 67.0 cm³/mol. The third-order valence-corrected chi connectivity index (χ3v) is 4.27. The molecule has 1 unspecified atom stereocenters. The molecule has 0 aromatic heterocycles. The van der Waals surface area contributed by atoms with Crippen molar-refractivity contribution in [1.82, 2.24) is 5.32 Å². The van der Waals surface area contributed by atoms with Crippen molar-refractivity contribution in [2.75, 3.05) is 7.11 Å². The van der Waals surface area contributed by atoms with Gasteiger partial charge in [-0.2, -0.15) is 0 Å². The number of ether oxygens (including phenoxy) is 1. The second-order valence-electron chi connectivity index (χ2n) is 3.29. The summed E-state index contributed by atoms with van der Waals surface area (Å²) in [4.78, 5) is 11.5. The first-order valence-electron chi connectivity index (χ1n) is 5.12. The Labute approximate surface area is 111 Å². The van der Waals surface area contributed by atoms with E-state index in [0.29, 0.717) is 25.9 Å². The van der Waals surface area contributed by atoms with E-state index in [1.54, 1.807) is 0 Å². The Kier molecular flexibility index (Phi) is 9.28. The van der Waals surface area contributed by atoms with Crippen LogP contribution in [-0.2, 0) is 9.53 Å². The van der Waals surface area contributed by atoms with Crippen molar-refractivity contribution in [2.45, 2.75) is 43.1 Å². The molecule has 0 radical (unpaired) electrons. The minimum atomic E-state index is -0.556. The van der Waals surface area contributed by atoms with Gasteiger partial charge in [-0.3, -0.25) is 0 Å². The number of carbonyl (C=O) groups is 1. The van der Waals surface area contributed by atoms with Crippen LogP contribution in [-0.4, -0.2) is 65.4 Å². The summed E-state index contributed by atoms with van der Waals surface area (Å²) in [5.41, 5.74) is 0. The van der Waals surface area contributed by atoms with Crippen molar-refractivity contribution in [3.05, 3.63) is 0 Å². The SMILES string of the molecule is CCC(O)C(=[Se])N[C@@H](CC[Se]C)C(=O)OC. The molecule has 0 aliphatic rings. The van der Waals surface area contributed by atoms with Gasteiger partial charge in [-0.15, -0.1) is 0 Å². The zero-order valence-electron chi connectivity index (χ0n) is 9.86. The third kappa shape index (κ3) is 6.02. The van der Waals surface area contributed by atoms with Crippen molar-refractivity contribution in [3.8, 4) is 0 Å². The number of hydrogen-bond donors (Lipinski definition) is 2. The zero-order chi connectivity index (χ0) is 12.6. The van der Waals surface area contributed by atoms with Gasteiger partial charge in [-0.1, -0.05) is 0 Å². The molecule has 2 N–H and O–H groups in total. The standard InChI is InChI=1S/C10H19NO3Se2/c1-4-8(12)9(15)11-7(5-6-16-3)10(13)14-2/h7-8,12H,4-6H2,1-3H3,(H,11,15)/t7-,8?/m0/s1. The first-order valence-corrected chi connectivity index (χ1v) is 8.90. The van der Waals surface area contributed by atoms with E-state index < -0.39 is 6.10 Å². The second kappa shape index (κ2) is 9.20. The van der Waals surface area contributed by atoms with Crippen molar-refractivity contribution in [2.24, 2.45) is 0 Å². The summed E-state index contributed by atoms with van der Waals surface area (Å²) in [5, 5.41) is 13.6. The van der Waals surface area contributed by atoms with Crippen molar-refractivity contribution in [3.63, 3.8) is 0 Å². The molecule has 0 aromatic rings. The number of carbonyl (C=O) groups excluding carboxylic acids is 1. The second-order valence-corrected chi connectivity index (χ2v) is 6.28. The molecule has 94 valence electrons. The Bertz CT molecular complexity index is 236. The quantitative estimate of drug-likeness (QED) is 0.464. The summed E-state index contributed by atoms with van der Waals surface area (Å²) in [6, 6.07) is -0.357. The Morgan fingerprint density at radius 2 is 2.25 bits per heavy atom. The Morgan fingerprint density at radius 3 is 2.69 bits per heavy atom. The first-order chi connectivity index (χ1) is 7.56. The van der Waals surface area contributed by atoms with Gasteiger partial charge >= 0.3 is 111 Å². The fourth-order valence-electron chi connectivity index (χ4n) is 1.08. The first kappa shape index (κ1) is 16.1. The van der Waals surface area contributed by atoms with Crippen LogP contribution >= 0.6 is 0 Å². The Balaban J connectivity index is 4.30. The van der Waals surface area contributed by atoms with E-state index in [0.717, 1.165) is 11.7 Å². The van der Waals surface area contributed by atoms with Gasteiger partial charge in [0.25, 0.3) is 0 Å². The molecular weight excluding hydrogens is 340 g/mol. The number of nitrogens with one attached hydrogen (secondary N) is 1. The molecule has 16 heavy (non-hydrogen) atoms. The molecule has 0 saturated heterocycles. The molecule has 6 heteroatoms. The fraction of sp³-hybridized carbons (Fsp3) is 0.800. The van der Waals surface area contributed by atoms with E-state index in [9.17, 15) is 9.90 Å². The molecule has 0 rings (SSSR count).